The minimum atomic E-state index is -0.0515. The van der Waals surface area contributed by atoms with Crippen molar-refractivity contribution in [2.24, 2.45) is 0 Å². The molecule has 1 aliphatic heterocycles. The second-order valence-corrected chi connectivity index (χ2v) is 2.95. The number of ether oxygens (including phenoxy) is 1. The highest BCUT2D eigenvalue weighted by Gasteiger charge is 2.21. The molecule has 11 heavy (non-hydrogen) atoms. The number of hydrogen-bond acceptors (Lipinski definition) is 2. The highest BCUT2D eigenvalue weighted by molar-refractivity contribution is 5.84. The molecule has 0 aliphatic carbocycles. The Labute approximate surface area is 67.9 Å². The maximum atomic E-state index is 11.1. The zero-order valence-corrected chi connectivity index (χ0v) is 7.06. The molecule has 0 N–H and O–H groups in total. The lowest BCUT2D eigenvalue weighted by molar-refractivity contribution is -0.140. The van der Waals surface area contributed by atoms with Gasteiger partial charge in [-0.05, 0) is 25.7 Å². The highest BCUT2D eigenvalue weighted by atomic mass is 16.5. The maximum Gasteiger partial charge on any atom is 0.313 e. The van der Waals surface area contributed by atoms with Gasteiger partial charge in [0.05, 0.1) is 12.5 Å². The van der Waals surface area contributed by atoms with Crippen LogP contribution in [-0.4, -0.2) is 12.6 Å². The van der Waals surface area contributed by atoms with Gasteiger partial charge in [0.2, 0.25) is 0 Å². The topological polar surface area (TPSA) is 26.3 Å². The summed E-state index contributed by atoms with van der Waals surface area (Å²) in [6, 6.07) is 0. The van der Waals surface area contributed by atoms with E-state index >= 15 is 0 Å². The van der Waals surface area contributed by atoms with Crippen molar-refractivity contribution < 1.29 is 9.53 Å². The van der Waals surface area contributed by atoms with Crippen LogP contribution in [0.5, 0.6) is 0 Å². The Morgan fingerprint density at radius 2 is 2.27 bits per heavy atom. The van der Waals surface area contributed by atoms with Gasteiger partial charge >= 0.3 is 5.97 Å². The first-order chi connectivity index (χ1) is 5.34. The normalized spacial score (nSPS) is 21.0. The largest absolute Gasteiger partial charge is 0.465 e. The van der Waals surface area contributed by atoms with Crippen LogP contribution >= 0.6 is 0 Å². The van der Waals surface area contributed by atoms with Gasteiger partial charge in [-0.1, -0.05) is 13.3 Å². The lowest BCUT2D eigenvalue weighted by Gasteiger charge is -2.08. The zero-order chi connectivity index (χ0) is 8.10. The van der Waals surface area contributed by atoms with Crippen LogP contribution in [0.3, 0.4) is 0 Å². The summed E-state index contributed by atoms with van der Waals surface area (Å²) in [5, 5.41) is 0. The summed E-state index contributed by atoms with van der Waals surface area (Å²) < 4.78 is 4.99. The van der Waals surface area contributed by atoms with Crippen molar-refractivity contribution in [1.82, 2.24) is 0 Å². The molecule has 1 radical (unpaired) electrons. The first kappa shape index (κ1) is 8.57. The zero-order valence-electron chi connectivity index (χ0n) is 7.06. The first-order valence-electron chi connectivity index (χ1n) is 4.36. The molecule has 0 spiro atoms. The number of carbonyl (C=O) groups excluding carboxylic acids is 1. The summed E-state index contributed by atoms with van der Waals surface area (Å²) >= 11 is 0. The van der Waals surface area contributed by atoms with Gasteiger partial charge in [-0.2, -0.15) is 0 Å². The molecule has 1 saturated heterocycles. The van der Waals surface area contributed by atoms with Crippen LogP contribution in [0.15, 0.2) is 0 Å². The fraction of sp³-hybridized carbons (Fsp3) is 0.778. The monoisotopic (exact) mass is 155 g/mol. The van der Waals surface area contributed by atoms with Crippen molar-refractivity contribution in [3.63, 3.8) is 0 Å². The fourth-order valence-corrected chi connectivity index (χ4v) is 1.34. The maximum absolute atomic E-state index is 11.1. The summed E-state index contributed by atoms with van der Waals surface area (Å²) in [6.45, 7) is 2.71. The Bertz CT molecular complexity index is 132. The molecule has 1 heterocycles. The summed E-state index contributed by atoms with van der Waals surface area (Å²) in [5.41, 5.74) is 0. The highest BCUT2D eigenvalue weighted by Crippen LogP contribution is 2.21. The smallest absolute Gasteiger partial charge is 0.313 e. The molecular formula is C9H15O2. The van der Waals surface area contributed by atoms with E-state index in [4.69, 9.17) is 4.74 Å². The molecule has 1 aliphatic rings. The number of cyclic esters (lactones) is 1. The third kappa shape index (κ3) is 2.52. The molecule has 2 nitrogen and oxygen atoms in total. The third-order valence-corrected chi connectivity index (χ3v) is 1.95. The lowest BCUT2D eigenvalue weighted by Crippen LogP contribution is -2.12. The second kappa shape index (κ2) is 4.37. The average Bonchev–Trinajstić information content (AvgIpc) is 2.18. The van der Waals surface area contributed by atoms with Crippen LogP contribution in [0.1, 0.15) is 39.0 Å². The molecule has 0 aromatic carbocycles. The van der Waals surface area contributed by atoms with E-state index in [2.05, 4.69) is 6.92 Å². The van der Waals surface area contributed by atoms with E-state index < -0.39 is 0 Å². The lowest BCUT2D eigenvalue weighted by atomic mass is 9.98. The standard InChI is InChI=1S/C9H15O2/c1-2-5-8-6-3-4-7-11-9(8)10/h2-7H2,1H3. The van der Waals surface area contributed by atoms with Gasteiger partial charge < -0.3 is 4.74 Å². The molecule has 1 fully saturated rings. The van der Waals surface area contributed by atoms with Crippen molar-refractivity contribution in [3.05, 3.63) is 5.92 Å². The van der Waals surface area contributed by atoms with Gasteiger partial charge in [0.25, 0.3) is 0 Å². The molecule has 0 atom stereocenters. The van der Waals surface area contributed by atoms with Crippen molar-refractivity contribution in [2.75, 3.05) is 6.61 Å². The molecule has 0 saturated carbocycles. The van der Waals surface area contributed by atoms with E-state index in [0.717, 1.165) is 38.0 Å². The fourth-order valence-electron chi connectivity index (χ4n) is 1.34. The SMILES string of the molecule is CCC[C]1CCCCOC1=O. The Balaban J connectivity index is 2.39. The van der Waals surface area contributed by atoms with Crippen molar-refractivity contribution >= 4 is 5.97 Å². The Hall–Kier alpha value is -0.530. The summed E-state index contributed by atoms with van der Waals surface area (Å²) in [6.07, 6.45) is 5.05. The van der Waals surface area contributed by atoms with Crippen molar-refractivity contribution in [3.8, 4) is 0 Å². The van der Waals surface area contributed by atoms with Gasteiger partial charge in [-0.25, -0.2) is 0 Å². The molecule has 0 amide bonds. The predicted octanol–water partition coefficient (Wildman–Crippen LogP) is 2.09. The number of carbonyl (C=O) groups is 1. The van der Waals surface area contributed by atoms with Crippen LogP contribution in [-0.2, 0) is 9.53 Å². The van der Waals surface area contributed by atoms with E-state index in [1.54, 1.807) is 0 Å². The molecule has 2 heteroatoms. The molecular weight excluding hydrogens is 140 g/mol. The molecule has 0 bridgehead atoms. The van der Waals surface area contributed by atoms with Crippen LogP contribution in [0.25, 0.3) is 0 Å². The summed E-state index contributed by atoms with van der Waals surface area (Å²) in [4.78, 5) is 11.1. The van der Waals surface area contributed by atoms with Crippen LogP contribution < -0.4 is 0 Å². The number of rotatable bonds is 2. The van der Waals surface area contributed by atoms with Crippen molar-refractivity contribution in [1.29, 1.82) is 0 Å². The number of esters is 1. The molecule has 1 rings (SSSR count). The van der Waals surface area contributed by atoms with E-state index in [0.29, 0.717) is 6.61 Å². The Kier molecular flexibility index (Phi) is 3.40. The molecule has 0 unspecified atom stereocenters. The Morgan fingerprint density at radius 1 is 1.45 bits per heavy atom. The minimum absolute atomic E-state index is 0.0515. The first-order valence-corrected chi connectivity index (χ1v) is 4.36. The van der Waals surface area contributed by atoms with E-state index in [-0.39, 0.29) is 5.97 Å². The molecule has 63 valence electrons. The predicted molar refractivity (Wildman–Crippen MR) is 43.0 cm³/mol. The Morgan fingerprint density at radius 3 is 3.00 bits per heavy atom. The summed E-state index contributed by atoms with van der Waals surface area (Å²) in [7, 11) is 0. The van der Waals surface area contributed by atoms with Crippen molar-refractivity contribution in [2.45, 2.75) is 39.0 Å². The van der Waals surface area contributed by atoms with Gasteiger partial charge in [0, 0.05) is 0 Å². The van der Waals surface area contributed by atoms with E-state index in [9.17, 15) is 4.79 Å². The van der Waals surface area contributed by atoms with Gasteiger partial charge in [-0.3, -0.25) is 4.79 Å². The van der Waals surface area contributed by atoms with Gasteiger partial charge in [-0.15, -0.1) is 0 Å². The number of hydrogen-bond donors (Lipinski definition) is 0. The van der Waals surface area contributed by atoms with Crippen LogP contribution in [0.4, 0.5) is 0 Å². The average molecular weight is 155 g/mol. The molecule has 0 aromatic heterocycles. The van der Waals surface area contributed by atoms with Gasteiger partial charge in [0.15, 0.2) is 0 Å². The quantitative estimate of drug-likeness (QED) is 0.571. The second-order valence-electron chi connectivity index (χ2n) is 2.95. The van der Waals surface area contributed by atoms with Gasteiger partial charge in [0.1, 0.15) is 0 Å². The minimum Gasteiger partial charge on any atom is -0.465 e. The third-order valence-electron chi connectivity index (χ3n) is 1.95. The molecule has 0 aromatic rings. The van der Waals surface area contributed by atoms with Crippen LogP contribution in [0, 0.1) is 5.92 Å². The van der Waals surface area contributed by atoms with Crippen LogP contribution in [0.2, 0.25) is 0 Å². The summed E-state index contributed by atoms with van der Waals surface area (Å²) in [5.74, 6) is 0.939. The van der Waals surface area contributed by atoms with E-state index in [1.165, 1.54) is 0 Å². The van der Waals surface area contributed by atoms with E-state index in [1.807, 2.05) is 0 Å².